The Balaban J connectivity index is 1.92. The Morgan fingerprint density at radius 3 is 2.81 bits per heavy atom. The number of rotatable bonds is 7. The van der Waals surface area contributed by atoms with E-state index in [2.05, 4.69) is 10.1 Å². The van der Waals surface area contributed by atoms with E-state index in [4.69, 9.17) is 10.5 Å². The van der Waals surface area contributed by atoms with E-state index in [0.717, 1.165) is 24.5 Å². The summed E-state index contributed by atoms with van der Waals surface area (Å²) in [7, 11) is 0. The molecule has 0 aliphatic rings. The van der Waals surface area contributed by atoms with Gasteiger partial charge < -0.3 is 15.6 Å². The first-order valence-corrected chi connectivity index (χ1v) is 7.21. The number of ether oxygens (including phenoxy) is 1. The number of hydrogen-bond donors (Lipinski definition) is 2. The lowest BCUT2D eigenvalue weighted by Crippen LogP contribution is -2.25. The lowest BCUT2D eigenvalue weighted by molar-refractivity contribution is 0.0884. The van der Waals surface area contributed by atoms with Crippen LogP contribution < -0.4 is 10.5 Å². The predicted molar refractivity (Wildman–Crippen MR) is 81.1 cm³/mol. The molecule has 1 aromatic heterocycles. The Labute approximate surface area is 124 Å². The smallest absolute Gasteiger partial charge is 0.150 e. The Morgan fingerprint density at radius 2 is 2.14 bits per heavy atom. The van der Waals surface area contributed by atoms with Crippen LogP contribution in [0.5, 0.6) is 5.75 Å². The van der Waals surface area contributed by atoms with Gasteiger partial charge in [-0.25, -0.2) is 9.67 Å². The maximum Gasteiger partial charge on any atom is 0.150 e. The summed E-state index contributed by atoms with van der Waals surface area (Å²) in [6.07, 6.45) is 0.925. The molecule has 3 N–H and O–H groups in total. The number of aliphatic hydroxyl groups excluding tert-OH is 1. The molecule has 0 spiro atoms. The van der Waals surface area contributed by atoms with Crippen LogP contribution in [-0.2, 0) is 19.4 Å². The molecule has 1 aromatic carbocycles. The van der Waals surface area contributed by atoms with E-state index in [-0.39, 0.29) is 6.61 Å². The SMILES string of the molecule is CCc1nc(CC)n(CC(O)COc2cccc(N)c2)n1. The number of hydrogen-bond acceptors (Lipinski definition) is 5. The van der Waals surface area contributed by atoms with E-state index in [9.17, 15) is 5.11 Å². The van der Waals surface area contributed by atoms with Gasteiger partial charge in [-0.15, -0.1) is 0 Å². The number of aromatic nitrogens is 3. The molecular formula is C15H22N4O2. The monoisotopic (exact) mass is 290 g/mol. The average Bonchev–Trinajstić information content (AvgIpc) is 2.87. The number of aryl methyl sites for hydroxylation is 2. The Bertz CT molecular complexity index is 583. The Hall–Kier alpha value is -2.08. The fourth-order valence-electron chi connectivity index (χ4n) is 2.03. The maximum atomic E-state index is 10.1. The summed E-state index contributed by atoms with van der Waals surface area (Å²) in [5.74, 6) is 2.34. The second-order valence-corrected chi connectivity index (χ2v) is 4.87. The standard InChI is InChI=1S/C15H22N4O2/c1-3-14-17-15(4-2)19(18-14)9-12(20)10-21-13-7-5-6-11(16)8-13/h5-8,12,20H,3-4,9-10,16H2,1-2H3. The molecule has 0 saturated carbocycles. The summed E-state index contributed by atoms with van der Waals surface area (Å²) in [4.78, 5) is 4.41. The number of nitrogens with zero attached hydrogens (tertiary/aromatic N) is 3. The van der Waals surface area contributed by atoms with E-state index in [1.807, 2.05) is 26.0 Å². The van der Waals surface area contributed by atoms with Crippen LogP contribution in [-0.4, -0.2) is 32.6 Å². The van der Waals surface area contributed by atoms with Gasteiger partial charge in [0.05, 0.1) is 6.54 Å². The fraction of sp³-hybridized carbons (Fsp3) is 0.467. The van der Waals surface area contributed by atoms with E-state index in [1.54, 1.807) is 16.8 Å². The van der Waals surface area contributed by atoms with Crippen molar-refractivity contribution in [3.8, 4) is 5.75 Å². The van der Waals surface area contributed by atoms with Gasteiger partial charge >= 0.3 is 0 Å². The van der Waals surface area contributed by atoms with Gasteiger partial charge in [-0.3, -0.25) is 0 Å². The first-order chi connectivity index (χ1) is 10.1. The van der Waals surface area contributed by atoms with Gasteiger partial charge in [0.1, 0.15) is 24.3 Å². The molecule has 114 valence electrons. The molecule has 6 heteroatoms. The van der Waals surface area contributed by atoms with Gasteiger partial charge in [-0.2, -0.15) is 5.10 Å². The highest BCUT2D eigenvalue weighted by molar-refractivity contribution is 5.43. The van der Waals surface area contributed by atoms with Crippen LogP contribution in [0.4, 0.5) is 5.69 Å². The minimum atomic E-state index is -0.650. The normalized spacial score (nSPS) is 12.3. The molecule has 21 heavy (non-hydrogen) atoms. The van der Waals surface area contributed by atoms with E-state index in [1.165, 1.54) is 0 Å². The van der Waals surface area contributed by atoms with Gasteiger partial charge in [0, 0.05) is 24.6 Å². The van der Waals surface area contributed by atoms with Gasteiger partial charge in [-0.1, -0.05) is 19.9 Å². The van der Waals surface area contributed by atoms with Crippen molar-refractivity contribution in [2.45, 2.75) is 39.3 Å². The quantitative estimate of drug-likeness (QED) is 0.753. The molecule has 0 fully saturated rings. The third-order valence-corrected chi connectivity index (χ3v) is 3.11. The van der Waals surface area contributed by atoms with Crippen molar-refractivity contribution >= 4 is 5.69 Å². The summed E-state index contributed by atoms with van der Waals surface area (Å²) in [5.41, 5.74) is 6.32. The molecule has 0 radical (unpaired) electrons. The molecule has 0 aliphatic heterocycles. The lowest BCUT2D eigenvalue weighted by atomic mass is 10.3. The molecule has 1 atom stereocenters. The zero-order valence-electron chi connectivity index (χ0n) is 12.5. The van der Waals surface area contributed by atoms with Crippen LogP contribution >= 0.6 is 0 Å². The zero-order valence-corrected chi connectivity index (χ0v) is 12.5. The molecule has 6 nitrogen and oxygen atoms in total. The summed E-state index contributed by atoms with van der Waals surface area (Å²) in [6.45, 7) is 4.60. The summed E-state index contributed by atoms with van der Waals surface area (Å²) in [6, 6.07) is 7.15. The molecule has 0 aliphatic carbocycles. The number of anilines is 1. The number of aliphatic hydroxyl groups is 1. The number of benzene rings is 1. The molecule has 1 heterocycles. The average molecular weight is 290 g/mol. The Morgan fingerprint density at radius 1 is 1.33 bits per heavy atom. The summed E-state index contributed by atoms with van der Waals surface area (Å²) < 4.78 is 7.29. The van der Waals surface area contributed by atoms with Crippen LogP contribution in [0.15, 0.2) is 24.3 Å². The van der Waals surface area contributed by atoms with Crippen LogP contribution in [0.3, 0.4) is 0 Å². The lowest BCUT2D eigenvalue weighted by Gasteiger charge is -2.13. The third-order valence-electron chi connectivity index (χ3n) is 3.11. The van der Waals surface area contributed by atoms with Crippen LogP contribution in [0.1, 0.15) is 25.5 Å². The fourth-order valence-corrected chi connectivity index (χ4v) is 2.03. The van der Waals surface area contributed by atoms with Crippen molar-refractivity contribution in [2.75, 3.05) is 12.3 Å². The largest absolute Gasteiger partial charge is 0.491 e. The highest BCUT2D eigenvalue weighted by Crippen LogP contribution is 2.14. The van der Waals surface area contributed by atoms with Gasteiger partial charge in [0.15, 0.2) is 5.82 Å². The van der Waals surface area contributed by atoms with Crippen molar-refractivity contribution in [1.82, 2.24) is 14.8 Å². The van der Waals surface area contributed by atoms with Gasteiger partial charge in [-0.05, 0) is 12.1 Å². The predicted octanol–water partition coefficient (Wildman–Crippen LogP) is 1.43. The summed E-state index contributed by atoms with van der Waals surface area (Å²) >= 11 is 0. The first-order valence-electron chi connectivity index (χ1n) is 7.21. The summed E-state index contributed by atoms with van der Waals surface area (Å²) in [5, 5.41) is 14.5. The highest BCUT2D eigenvalue weighted by Gasteiger charge is 2.12. The van der Waals surface area contributed by atoms with Gasteiger partial charge in [0.25, 0.3) is 0 Å². The number of nitrogens with two attached hydrogens (primary N) is 1. The number of nitrogen functional groups attached to an aromatic ring is 1. The van der Waals surface area contributed by atoms with Crippen LogP contribution in [0.2, 0.25) is 0 Å². The van der Waals surface area contributed by atoms with Crippen molar-refractivity contribution in [1.29, 1.82) is 0 Å². The van der Waals surface area contributed by atoms with Crippen molar-refractivity contribution in [3.63, 3.8) is 0 Å². The van der Waals surface area contributed by atoms with E-state index < -0.39 is 6.10 Å². The molecule has 2 aromatic rings. The van der Waals surface area contributed by atoms with Crippen molar-refractivity contribution in [3.05, 3.63) is 35.9 Å². The molecule has 1 unspecified atom stereocenters. The Kier molecular flexibility index (Phi) is 5.16. The molecular weight excluding hydrogens is 268 g/mol. The topological polar surface area (TPSA) is 86.2 Å². The van der Waals surface area contributed by atoms with Crippen molar-refractivity contribution < 1.29 is 9.84 Å². The molecule has 0 saturated heterocycles. The van der Waals surface area contributed by atoms with Crippen LogP contribution in [0.25, 0.3) is 0 Å². The minimum Gasteiger partial charge on any atom is -0.491 e. The minimum absolute atomic E-state index is 0.188. The molecule has 2 rings (SSSR count). The maximum absolute atomic E-state index is 10.1. The van der Waals surface area contributed by atoms with Crippen LogP contribution in [0, 0.1) is 0 Å². The third kappa shape index (κ3) is 4.19. The first kappa shape index (κ1) is 15.3. The second kappa shape index (κ2) is 7.08. The van der Waals surface area contributed by atoms with E-state index in [0.29, 0.717) is 18.0 Å². The van der Waals surface area contributed by atoms with E-state index >= 15 is 0 Å². The molecule has 0 bridgehead atoms. The van der Waals surface area contributed by atoms with Gasteiger partial charge in [0.2, 0.25) is 0 Å². The highest BCUT2D eigenvalue weighted by atomic mass is 16.5. The van der Waals surface area contributed by atoms with Crippen molar-refractivity contribution in [2.24, 2.45) is 0 Å². The zero-order chi connectivity index (χ0) is 15.2. The molecule has 0 amide bonds. The second-order valence-electron chi connectivity index (χ2n) is 4.87.